The van der Waals surface area contributed by atoms with E-state index < -0.39 is 0 Å². The van der Waals surface area contributed by atoms with Crippen molar-refractivity contribution in [1.29, 1.82) is 0 Å². The Hall–Kier alpha value is -2.79. The number of ether oxygens (including phenoxy) is 2. The number of nitrogens with zero attached hydrogens (tertiary/aromatic N) is 2. The molecule has 0 radical (unpaired) electrons. The first kappa shape index (κ1) is 24.5. The van der Waals surface area contributed by atoms with Crippen LogP contribution in [0.15, 0.2) is 59.8 Å². The van der Waals surface area contributed by atoms with E-state index in [0.29, 0.717) is 13.2 Å². The zero-order chi connectivity index (χ0) is 22.5. The molecule has 0 fully saturated rings. The Kier molecular flexibility index (Phi) is 10.7. The second kappa shape index (κ2) is 13.5. The standard InChI is InChI=1S/C26H36N2O3/c1-6-7-16-30-24-18-21(2)26(22(3)19-24)31-17-12-11-15-28(4)20-25(27-29-5)23-13-9-8-10-14-23/h6-10,13-14,18-19H,11-12,15-17,20H2,1-5H3/b7-6+,27-25-. The lowest BCUT2D eigenvalue weighted by molar-refractivity contribution is 0.211. The molecular formula is C26H36N2O3. The fraction of sp³-hybridized carbons (Fsp3) is 0.423. The third kappa shape index (κ3) is 8.46. The highest BCUT2D eigenvalue weighted by molar-refractivity contribution is 6.01. The van der Waals surface area contributed by atoms with E-state index in [1.807, 2.05) is 49.4 Å². The predicted octanol–water partition coefficient (Wildman–Crippen LogP) is 5.40. The number of hydrogen-bond acceptors (Lipinski definition) is 5. The van der Waals surface area contributed by atoms with Gasteiger partial charge in [-0.1, -0.05) is 47.6 Å². The van der Waals surface area contributed by atoms with Gasteiger partial charge < -0.3 is 19.2 Å². The maximum atomic E-state index is 6.09. The maximum Gasteiger partial charge on any atom is 0.125 e. The van der Waals surface area contributed by atoms with Gasteiger partial charge in [-0.2, -0.15) is 0 Å². The van der Waals surface area contributed by atoms with Crippen molar-refractivity contribution in [3.05, 3.63) is 71.3 Å². The molecule has 0 bridgehead atoms. The molecule has 2 aromatic rings. The van der Waals surface area contributed by atoms with Crippen molar-refractivity contribution in [2.45, 2.75) is 33.6 Å². The summed E-state index contributed by atoms with van der Waals surface area (Å²) in [7, 11) is 3.70. The van der Waals surface area contributed by atoms with E-state index in [-0.39, 0.29) is 0 Å². The molecule has 2 rings (SSSR count). The average Bonchev–Trinajstić information content (AvgIpc) is 2.75. The summed E-state index contributed by atoms with van der Waals surface area (Å²) >= 11 is 0. The van der Waals surface area contributed by atoms with Gasteiger partial charge in [0.1, 0.15) is 30.9 Å². The summed E-state index contributed by atoms with van der Waals surface area (Å²) in [6.45, 7) is 9.12. The lowest BCUT2D eigenvalue weighted by atomic mass is 10.1. The van der Waals surface area contributed by atoms with Crippen LogP contribution in [0.5, 0.6) is 11.5 Å². The lowest BCUT2D eigenvalue weighted by Crippen LogP contribution is -2.28. The van der Waals surface area contributed by atoms with Gasteiger partial charge in [-0.25, -0.2) is 0 Å². The molecule has 31 heavy (non-hydrogen) atoms. The van der Waals surface area contributed by atoms with Crippen molar-refractivity contribution in [2.75, 3.05) is 40.5 Å². The zero-order valence-electron chi connectivity index (χ0n) is 19.6. The number of benzene rings is 2. The van der Waals surface area contributed by atoms with Gasteiger partial charge in [0.2, 0.25) is 0 Å². The number of oxime groups is 1. The Morgan fingerprint density at radius 1 is 1.03 bits per heavy atom. The van der Waals surface area contributed by atoms with E-state index in [9.17, 15) is 0 Å². The van der Waals surface area contributed by atoms with Crippen molar-refractivity contribution in [2.24, 2.45) is 5.16 Å². The van der Waals surface area contributed by atoms with Crippen LogP contribution in [0.2, 0.25) is 0 Å². The van der Waals surface area contributed by atoms with Crippen molar-refractivity contribution in [1.82, 2.24) is 4.90 Å². The van der Waals surface area contributed by atoms with Gasteiger partial charge in [0.15, 0.2) is 0 Å². The predicted molar refractivity (Wildman–Crippen MR) is 128 cm³/mol. The van der Waals surface area contributed by atoms with Crippen LogP contribution in [0.4, 0.5) is 0 Å². The summed E-state index contributed by atoms with van der Waals surface area (Å²) in [6.07, 6.45) is 6.02. The van der Waals surface area contributed by atoms with Crippen molar-refractivity contribution in [3.63, 3.8) is 0 Å². The molecule has 0 N–H and O–H groups in total. The van der Waals surface area contributed by atoms with E-state index in [1.165, 1.54) is 0 Å². The third-order valence-corrected chi connectivity index (χ3v) is 4.92. The molecule has 0 aliphatic carbocycles. The van der Waals surface area contributed by atoms with Gasteiger partial charge in [0.05, 0.1) is 6.61 Å². The van der Waals surface area contributed by atoms with Gasteiger partial charge in [-0.15, -0.1) is 0 Å². The van der Waals surface area contributed by atoms with Gasteiger partial charge in [0, 0.05) is 12.1 Å². The topological polar surface area (TPSA) is 43.3 Å². The molecular weight excluding hydrogens is 388 g/mol. The summed E-state index contributed by atoms with van der Waals surface area (Å²) in [4.78, 5) is 7.30. The minimum atomic E-state index is 0.587. The average molecular weight is 425 g/mol. The van der Waals surface area contributed by atoms with E-state index in [4.69, 9.17) is 14.3 Å². The molecule has 5 heteroatoms. The highest BCUT2D eigenvalue weighted by atomic mass is 16.6. The normalized spacial score (nSPS) is 11.9. The molecule has 0 aliphatic rings. The van der Waals surface area contributed by atoms with E-state index in [2.05, 4.69) is 43.1 Å². The minimum absolute atomic E-state index is 0.587. The van der Waals surface area contributed by atoms with Gasteiger partial charge in [-0.3, -0.25) is 0 Å². The Morgan fingerprint density at radius 2 is 1.74 bits per heavy atom. The molecule has 0 heterocycles. The molecule has 5 nitrogen and oxygen atoms in total. The number of unbranched alkanes of at least 4 members (excludes halogenated alkanes) is 1. The summed E-state index contributed by atoms with van der Waals surface area (Å²) in [5.41, 5.74) is 4.24. The quantitative estimate of drug-likeness (QED) is 0.187. The summed E-state index contributed by atoms with van der Waals surface area (Å²) in [5, 5.41) is 4.20. The second-order valence-electron chi connectivity index (χ2n) is 7.65. The monoisotopic (exact) mass is 424 g/mol. The number of aryl methyl sites for hydroxylation is 2. The van der Waals surface area contributed by atoms with Crippen LogP contribution in [-0.2, 0) is 4.84 Å². The van der Waals surface area contributed by atoms with Gasteiger partial charge in [-0.05, 0) is 70.5 Å². The third-order valence-electron chi connectivity index (χ3n) is 4.92. The fourth-order valence-corrected chi connectivity index (χ4v) is 3.37. The number of rotatable bonds is 13. The second-order valence-corrected chi connectivity index (χ2v) is 7.65. The molecule has 2 aromatic carbocycles. The molecule has 0 amide bonds. The van der Waals surface area contributed by atoms with Crippen LogP contribution in [0, 0.1) is 13.8 Å². The molecule has 0 saturated carbocycles. The lowest BCUT2D eigenvalue weighted by Gasteiger charge is -2.18. The largest absolute Gasteiger partial charge is 0.493 e. The number of hydrogen-bond donors (Lipinski definition) is 0. The van der Waals surface area contributed by atoms with Crippen LogP contribution >= 0.6 is 0 Å². The Bertz CT molecular complexity index is 824. The van der Waals surface area contributed by atoms with Crippen LogP contribution in [0.25, 0.3) is 0 Å². The first-order valence-electron chi connectivity index (χ1n) is 10.9. The van der Waals surface area contributed by atoms with Crippen LogP contribution in [0.1, 0.15) is 36.5 Å². The molecule has 0 unspecified atom stereocenters. The van der Waals surface area contributed by atoms with Crippen LogP contribution in [-0.4, -0.2) is 51.1 Å². The minimum Gasteiger partial charge on any atom is -0.493 e. The van der Waals surface area contributed by atoms with Crippen LogP contribution < -0.4 is 9.47 Å². The van der Waals surface area contributed by atoms with E-state index in [0.717, 1.165) is 59.8 Å². The Labute approximate surface area is 187 Å². The fourth-order valence-electron chi connectivity index (χ4n) is 3.37. The summed E-state index contributed by atoms with van der Waals surface area (Å²) in [5.74, 6) is 1.85. The number of allylic oxidation sites excluding steroid dienone is 1. The Balaban J connectivity index is 1.77. The SMILES string of the molecule is C/C=C/COc1cc(C)c(OCCCCN(C)C/C(=N/OC)c2ccccc2)c(C)c1. The van der Waals surface area contributed by atoms with Crippen molar-refractivity contribution in [3.8, 4) is 11.5 Å². The molecule has 0 aromatic heterocycles. The van der Waals surface area contributed by atoms with Gasteiger partial charge >= 0.3 is 0 Å². The molecule has 0 aliphatic heterocycles. The molecule has 0 spiro atoms. The Morgan fingerprint density at radius 3 is 2.39 bits per heavy atom. The zero-order valence-corrected chi connectivity index (χ0v) is 19.6. The summed E-state index contributed by atoms with van der Waals surface area (Å²) < 4.78 is 11.8. The molecule has 0 saturated heterocycles. The molecule has 0 atom stereocenters. The van der Waals surface area contributed by atoms with E-state index >= 15 is 0 Å². The highest BCUT2D eigenvalue weighted by Gasteiger charge is 2.10. The van der Waals surface area contributed by atoms with Crippen LogP contribution in [0.3, 0.4) is 0 Å². The molecule has 168 valence electrons. The van der Waals surface area contributed by atoms with E-state index in [1.54, 1.807) is 7.11 Å². The first-order valence-corrected chi connectivity index (χ1v) is 10.9. The smallest absolute Gasteiger partial charge is 0.125 e. The van der Waals surface area contributed by atoms with Gasteiger partial charge in [0.25, 0.3) is 0 Å². The maximum absolute atomic E-state index is 6.09. The summed E-state index contributed by atoms with van der Waals surface area (Å²) in [6, 6.07) is 14.2. The number of likely N-dealkylation sites (N-methyl/N-ethyl adjacent to an activating group) is 1. The first-order chi connectivity index (χ1) is 15.0. The van der Waals surface area contributed by atoms with Crippen molar-refractivity contribution < 1.29 is 14.3 Å². The highest BCUT2D eigenvalue weighted by Crippen LogP contribution is 2.28. The van der Waals surface area contributed by atoms with Crippen molar-refractivity contribution >= 4 is 5.71 Å².